The van der Waals surface area contributed by atoms with Gasteiger partial charge in [0.05, 0.1) is 11.5 Å². The van der Waals surface area contributed by atoms with Crippen LogP contribution in [0.1, 0.15) is 28.4 Å². The average Bonchev–Trinajstić information content (AvgIpc) is 2.72. The van der Waals surface area contributed by atoms with Gasteiger partial charge in [0.2, 0.25) is 5.88 Å². The van der Waals surface area contributed by atoms with E-state index in [9.17, 15) is 10.1 Å². The van der Waals surface area contributed by atoms with Crippen LogP contribution in [0.5, 0.6) is 11.5 Å². The number of hydrogen-bond acceptors (Lipinski definition) is 6. The van der Waals surface area contributed by atoms with Gasteiger partial charge in [0.25, 0.3) is 0 Å². The summed E-state index contributed by atoms with van der Waals surface area (Å²) in [7, 11) is 0. The highest BCUT2D eigenvalue weighted by atomic mass is 35.5. The minimum absolute atomic E-state index is 0.0486. The molecule has 1 atom stereocenters. The summed E-state index contributed by atoms with van der Waals surface area (Å²) < 4.78 is 16.9. The highest BCUT2D eigenvalue weighted by Gasteiger charge is 2.35. The second-order valence-electron chi connectivity index (χ2n) is 6.80. The van der Waals surface area contributed by atoms with Crippen LogP contribution < -0.4 is 20.8 Å². The van der Waals surface area contributed by atoms with Crippen LogP contribution in [0, 0.1) is 18.3 Å². The first kappa shape index (κ1) is 19.6. The molecule has 30 heavy (non-hydrogen) atoms. The van der Waals surface area contributed by atoms with Gasteiger partial charge in [-0.25, -0.2) is 4.79 Å². The molecular weight excluding hydrogens is 404 g/mol. The standard InChI is InChI=1S/C23H17ClN2O4/c1-13-10-19-21(23(27)29-13)20(17(11-25)22(26)30-19)16-4-2-3-5-18(16)28-12-14-6-8-15(24)9-7-14/h2-10,20H,12,26H2,1H3/t20-/m0/s1. The Morgan fingerprint density at radius 3 is 2.67 bits per heavy atom. The zero-order chi connectivity index (χ0) is 21.3. The molecule has 0 saturated heterocycles. The number of nitriles is 1. The number of ether oxygens (including phenoxy) is 2. The molecule has 2 aromatic carbocycles. The maximum absolute atomic E-state index is 12.7. The van der Waals surface area contributed by atoms with Crippen LogP contribution in [0.4, 0.5) is 0 Å². The van der Waals surface area contributed by atoms with Crippen molar-refractivity contribution in [1.29, 1.82) is 5.26 Å². The van der Waals surface area contributed by atoms with Gasteiger partial charge >= 0.3 is 5.63 Å². The van der Waals surface area contributed by atoms with Crippen LogP contribution in [0.3, 0.4) is 0 Å². The van der Waals surface area contributed by atoms with Crippen molar-refractivity contribution in [3.63, 3.8) is 0 Å². The van der Waals surface area contributed by atoms with Gasteiger partial charge in [0.1, 0.15) is 35.5 Å². The third kappa shape index (κ3) is 3.63. The lowest BCUT2D eigenvalue weighted by molar-refractivity contribution is 0.301. The van der Waals surface area contributed by atoms with E-state index >= 15 is 0 Å². The van der Waals surface area contributed by atoms with Crippen molar-refractivity contribution in [2.24, 2.45) is 5.73 Å². The summed E-state index contributed by atoms with van der Waals surface area (Å²) in [5, 5.41) is 10.4. The van der Waals surface area contributed by atoms with Gasteiger partial charge < -0.3 is 19.6 Å². The van der Waals surface area contributed by atoms with E-state index in [1.807, 2.05) is 18.2 Å². The third-order valence-corrected chi connectivity index (χ3v) is 5.05. The molecule has 3 aromatic rings. The second-order valence-corrected chi connectivity index (χ2v) is 7.24. The van der Waals surface area contributed by atoms with Crippen LogP contribution in [0.2, 0.25) is 5.02 Å². The van der Waals surface area contributed by atoms with Crippen LogP contribution in [-0.2, 0) is 6.61 Å². The first-order valence-electron chi connectivity index (χ1n) is 9.16. The van der Waals surface area contributed by atoms with E-state index in [1.54, 1.807) is 43.3 Å². The van der Waals surface area contributed by atoms with Crippen molar-refractivity contribution < 1.29 is 13.9 Å². The maximum atomic E-state index is 12.7. The van der Waals surface area contributed by atoms with Crippen molar-refractivity contribution in [2.45, 2.75) is 19.4 Å². The summed E-state index contributed by atoms with van der Waals surface area (Å²) in [5.41, 5.74) is 7.31. The van der Waals surface area contributed by atoms with Crippen LogP contribution in [-0.4, -0.2) is 0 Å². The average molecular weight is 421 g/mol. The monoisotopic (exact) mass is 420 g/mol. The molecule has 150 valence electrons. The zero-order valence-corrected chi connectivity index (χ0v) is 16.8. The Hall–Kier alpha value is -3.69. The fourth-order valence-corrected chi connectivity index (χ4v) is 3.55. The number of nitrogens with zero attached hydrogens (tertiary/aromatic N) is 1. The predicted octanol–water partition coefficient (Wildman–Crippen LogP) is 4.40. The molecule has 0 aliphatic carbocycles. The van der Waals surface area contributed by atoms with E-state index in [-0.39, 0.29) is 29.4 Å². The van der Waals surface area contributed by atoms with E-state index in [2.05, 4.69) is 6.07 Å². The second kappa shape index (κ2) is 7.97. The molecule has 0 bridgehead atoms. The van der Waals surface area contributed by atoms with Gasteiger partial charge in [-0.1, -0.05) is 41.9 Å². The van der Waals surface area contributed by atoms with Crippen molar-refractivity contribution in [1.82, 2.24) is 0 Å². The smallest absolute Gasteiger partial charge is 0.343 e. The lowest BCUT2D eigenvalue weighted by Crippen LogP contribution is -2.26. The number of nitrogens with two attached hydrogens (primary N) is 1. The van der Waals surface area contributed by atoms with Gasteiger partial charge in [0, 0.05) is 16.7 Å². The first-order chi connectivity index (χ1) is 14.5. The van der Waals surface area contributed by atoms with Gasteiger partial charge in [-0.15, -0.1) is 0 Å². The summed E-state index contributed by atoms with van der Waals surface area (Å²) in [5.74, 6) is 0.367. The van der Waals surface area contributed by atoms with Gasteiger partial charge in [-0.05, 0) is 30.7 Å². The number of allylic oxidation sites excluding steroid dienone is 1. The number of rotatable bonds is 4. The Bertz CT molecular complexity index is 1240. The number of para-hydroxylation sites is 1. The fraction of sp³-hybridized carbons (Fsp3) is 0.130. The lowest BCUT2D eigenvalue weighted by atomic mass is 9.84. The summed E-state index contributed by atoms with van der Waals surface area (Å²) in [6.07, 6.45) is 0. The highest BCUT2D eigenvalue weighted by molar-refractivity contribution is 6.30. The SMILES string of the molecule is Cc1cc2c(c(=O)o1)[C@@H](c1ccccc1OCc1ccc(Cl)cc1)C(C#N)=C(N)O2. The Kier molecular flexibility index (Phi) is 5.21. The molecular formula is C23H17ClN2O4. The van der Waals surface area contributed by atoms with Crippen molar-refractivity contribution in [2.75, 3.05) is 0 Å². The van der Waals surface area contributed by atoms with Crippen molar-refractivity contribution >= 4 is 11.6 Å². The molecule has 7 heteroatoms. The molecule has 4 rings (SSSR count). The van der Waals surface area contributed by atoms with E-state index in [0.29, 0.717) is 22.1 Å². The molecule has 2 heterocycles. The van der Waals surface area contributed by atoms with Crippen molar-refractivity contribution in [3.8, 4) is 17.6 Å². The molecule has 0 amide bonds. The van der Waals surface area contributed by atoms with E-state index in [4.69, 9.17) is 31.2 Å². The third-order valence-electron chi connectivity index (χ3n) is 4.79. The summed E-state index contributed by atoms with van der Waals surface area (Å²) >= 11 is 5.94. The first-order valence-corrected chi connectivity index (χ1v) is 9.54. The number of benzene rings is 2. The Labute approximate surface area is 177 Å². The highest BCUT2D eigenvalue weighted by Crippen LogP contribution is 2.43. The maximum Gasteiger partial charge on any atom is 0.343 e. The van der Waals surface area contributed by atoms with Gasteiger partial charge in [-0.3, -0.25) is 0 Å². The van der Waals surface area contributed by atoms with E-state index < -0.39 is 11.5 Å². The fourth-order valence-electron chi connectivity index (χ4n) is 3.42. The quantitative estimate of drug-likeness (QED) is 0.671. The Balaban J connectivity index is 1.79. The molecule has 1 aliphatic rings. The summed E-state index contributed by atoms with van der Waals surface area (Å²) in [6, 6.07) is 18.1. The normalized spacial score (nSPS) is 15.2. The Morgan fingerprint density at radius 1 is 1.20 bits per heavy atom. The summed E-state index contributed by atoms with van der Waals surface area (Å²) in [4.78, 5) is 12.7. The molecule has 1 aliphatic heterocycles. The van der Waals surface area contributed by atoms with Gasteiger partial charge in [0.15, 0.2) is 0 Å². The number of aryl methyl sites for hydroxylation is 1. The molecule has 1 aromatic heterocycles. The minimum atomic E-state index is -0.767. The molecule has 0 radical (unpaired) electrons. The summed E-state index contributed by atoms with van der Waals surface area (Å²) in [6.45, 7) is 1.93. The minimum Gasteiger partial charge on any atom is -0.489 e. The number of hydrogen-bond donors (Lipinski definition) is 1. The molecule has 0 spiro atoms. The van der Waals surface area contributed by atoms with Crippen LogP contribution in [0.15, 0.2) is 75.3 Å². The number of halogens is 1. The largest absolute Gasteiger partial charge is 0.489 e. The lowest BCUT2D eigenvalue weighted by Gasteiger charge is -2.26. The molecule has 0 fully saturated rings. The zero-order valence-electron chi connectivity index (χ0n) is 16.0. The van der Waals surface area contributed by atoms with E-state index in [0.717, 1.165) is 5.56 Å². The van der Waals surface area contributed by atoms with E-state index in [1.165, 1.54) is 0 Å². The molecule has 0 saturated carbocycles. The number of fused-ring (bicyclic) bond motifs is 1. The van der Waals surface area contributed by atoms with Crippen molar-refractivity contribution in [3.05, 3.63) is 104 Å². The molecule has 2 N–H and O–H groups in total. The Morgan fingerprint density at radius 2 is 1.93 bits per heavy atom. The topological polar surface area (TPSA) is 98.5 Å². The molecule has 6 nitrogen and oxygen atoms in total. The van der Waals surface area contributed by atoms with Gasteiger partial charge in [-0.2, -0.15) is 5.26 Å². The predicted molar refractivity (Wildman–Crippen MR) is 111 cm³/mol. The van der Waals surface area contributed by atoms with Crippen LogP contribution >= 0.6 is 11.6 Å². The molecule has 0 unspecified atom stereocenters. The van der Waals surface area contributed by atoms with Crippen LogP contribution in [0.25, 0.3) is 0 Å².